The molecule has 36 heavy (non-hydrogen) atoms. The molecule has 4 bridgehead atoms. The van der Waals surface area contributed by atoms with E-state index in [4.69, 9.17) is 0 Å². The maximum absolute atomic E-state index is 13.2. The summed E-state index contributed by atoms with van der Waals surface area (Å²) in [6.45, 7) is 4.84. The van der Waals surface area contributed by atoms with Crippen molar-refractivity contribution in [2.24, 2.45) is 0 Å². The Hall–Kier alpha value is -3.72. The van der Waals surface area contributed by atoms with Crippen LogP contribution in [0.2, 0.25) is 0 Å². The van der Waals surface area contributed by atoms with Crippen molar-refractivity contribution in [1.82, 2.24) is 20.5 Å². The number of amides is 3. The molecule has 0 saturated heterocycles. The summed E-state index contributed by atoms with van der Waals surface area (Å²) in [6, 6.07) is 12.5. The van der Waals surface area contributed by atoms with Crippen LogP contribution in [0.1, 0.15) is 49.1 Å². The molecule has 8 nitrogen and oxygen atoms in total. The third-order valence-electron chi connectivity index (χ3n) is 6.09. The number of benzene rings is 2. The number of phenols is 1. The van der Waals surface area contributed by atoms with Crippen LogP contribution < -0.4 is 10.6 Å². The highest BCUT2D eigenvalue weighted by Crippen LogP contribution is 2.31. The number of hydrogen-bond acceptors (Lipinski definition) is 6. The zero-order valence-corrected chi connectivity index (χ0v) is 21.3. The van der Waals surface area contributed by atoms with Crippen LogP contribution in [-0.4, -0.2) is 58.9 Å². The van der Waals surface area contributed by atoms with Crippen LogP contribution in [0.25, 0.3) is 11.1 Å². The molecule has 0 aliphatic carbocycles. The topological polar surface area (TPSA) is 112 Å². The average Bonchev–Trinajstić information content (AvgIpc) is 3.20. The van der Waals surface area contributed by atoms with Crippen molar-refractivity contribution in [2.75, 3.05) is 26.2 Å². The molecule has 0 fully saturated rings. The summed E-state index contributed by atoms with van der Waals surface area (Å²) in [5, 5.41) is 17.1. The molecule has 188 valence electrons. The molecule has 0 atom stereocenters. The highest BCUT2D eigenvalue weighted by Gasteiger charge is 2.23. The number of phenolic OH excluding ortho intramolecular Hbond substituents is 1. The molecule has 2 aromatic carbocycles. The number of nitrogens with one attached hydrogen (secondary N) is 2. The van der Waals surface area contributed by atoms with E-state index in [9.17, 15) is 19.5 Å². The Morgan fingerprint density at radius 3 is 2.61 bits per heavy atom. The molecule has 3 aromatic rings. The number of thiazole rings is 1. The first kappa shape index (κ1) is 25.4. The van der Waals surface area contributed by atoms with Crippen LogP contribution in [0.3, 0.4) is 0 Å². The lowest BCUT2D eigenvalue weighted by Gasteiger charge is -2.22. The SMILES string of the molecule is Cc1nc(C)c(C(=O)N2CCCCNC(=O)c3cccc(c3)-c3cc(ccc3O)CCNC(=O)C2)s1. The second-order valence-electron chi connectivity index (χ2n) is 8.87. The summed E-state index contributed by atoms with van der Waals surface area (Å²) in [5.74, 6) is -0.510. The van der Waals surface area contributed by atoms with Gasteiger partial charge < -0.3 is 20.6 Å². The Morgan fingerprint density at radius 1 is 1.03 bits per heavy atom. The van der Waals surface area contributed by atoms with E-state index in [2.05, 4.69) is 15.6 Å². The number of aryl methyl sites for hydroxylation is 2. The third-order valence-corrected chi connectivity index (χ3v) is 7.15. The Morgan fingerprint density at radius 2 is 1.83 bits per heavy atom. The van der Waals surface area contributed by atoms with Crippen LogP contribution in [-0.2, 0) is 11.2 Å². The lowest BCUT2D eigenvalue weighted by atomic mass is 9.98. The average molecular weight is 507 g/mol. The Balaban J connectivity index is 1.56. The standard InChI is InChI=1S/C27H30N4O4S/c1-17-25(36-18(2)30-17)27(35)31-13-4-3-11-29-26(34)21-7-5-6-20(15-21)22-14-19(8-9-23(22)32)10-12-28-24(33)16-31/h5-9,14-15,32H,3-4,10-13,16H2,1-2H3,(H,28,33)(H,29,34). The molecule has 3 N–H and O–H groups in total. The number of aromatic nitrogens is 1. The Bertz CT molecular complexity index is 1290. The van der Waals surface area contributed by atoms with Gasteiger partial charge in [-0.3, -0.25) is 14.4 Å². The van der Waals surface area contributed by atoms with E-state index in [1.165, 1.54) is 11.3 Å². The van der Waals surface area contributed by atoms with E-state index >= 15 is 0 Å². The van der Waals surface area contributed by atoms with Gasteiger partial charge in [-0.05, 0) is 68.5 Å². The highest BCUT2D eigenvalue weighted by molar-refractivity contribution is 7.13. The lowest BCUT2D eigenvalue weighted by Crippen LogP contribution is -2.42. The highest BCUT2D eigenvalue weighted by atomic mass is 32.1. The number of nitrogens with zero attached hydrogens (tertiary/aromatic N) is 2. The maximum Gasteiger partial charge on any atom is 0.266 e. The summed E-state index contributed by atoms with van der Waals surface area (Å²) < 4.78 is 0. The number of rotatable bonds is 1. The minimum atomic E-state index is -0.233. The van der Waals surface area contributed by atoms with Gasteiger partial charge in [0.1, 0.15) is 10.6 Å². The van der Waals surface area contributed by atoms with Crippen molar-refractivity contribution in [3.63, 3.8) is 0 Å². The van der Waals surface area contributed by atoms with Gasteiger partial charge in [0.25, 0.3) is 11.8 Å². The Labute approximate surface area is 214 Å². The Kier molecular flexibility index (Phi) is 8.00. The first-order valence-corrected chi connectivity index (χ1v) is 12.8. The molecule has 0 saturated carbocycles. The number of fused-ring (bicyclic) bond motifs is 5. The van der Waals surface area contributed by atoms with Gasteiger partial charge in [0.15, 0.2) is 0 Å². The lowest BCUT2D eigenvalue weighted by molar-refractivity contribution is -0.121. The van der Waals surface area contributed by atoms with E-state index in [0.29, 0.717) is 60.6 Å². The van der Waals surface area contributed by atoms with Crippen molar-refractivity contribution < 1.29 is 19.5 Å². The molecule has 0 unspecified atom stereocenters. The summed E-state index contributed by atoms with van der Waals surface area (Å²) in [7, 11) is 0. The van der Waals surface area contributed by atoms with Crippen LogP contribution in [0.5, 0.6) is 5.75 Å². The third kappa shape index (κ3) is 6.09. The van der Waals surface area contributed by atoms with Crippen molar-refractivity contribution in [2.45, 2.75) is 33.1 Å². The quantitative estimate of drug-likeness (QED) is 0.468. The predicted octanol–water partition coefficient (Wildman–Crippen LogP) is 3.46. The minimum absolute atomic E-state index is 0.0486. The van der Waals surface area contributed by atoms with Crippen molar-refractivity contribution >= 4 is 29.1 Å². The fourth-order valence-corrected chi connectivity index (χ4v) is 5.12. The van der Waals surface area contributed by atoms with Crippen LogP contribution >= 0.6 is 11.3 Å². The van der Waals surface area contributed by atoms with Gasteiger partial charge in [-0.1, -0.05) is 18.2 Å². The van der Waals surface area contributed by atoms with Crippen LogP contribution in [0, 0.1) is 13.8 Å². The molecule has 2 heterocycles. The molecule has 4 rings (SSSR count). The number of carbonyl (C=O) groups excluding carboxylic acids is 3. The second-order valence-corrected chi connectivity index (χ2v) is 10.1. The van der Waals surface area contributed by atoms with E-state index in [-0.39, 0.29) is 30.0 Å². The van der Waals surface area contributed by atoms with Gasteiger partial charge in [-0.2, -0.15) is 0 Å². The molecule has 3 amide bonds. The molecule has 1 aliphatic heterocycles. The maximum atomic E-state index is 13.2. The van der Waals surface area contributed by atoms with Gasteiger partial charge in [0.05, 0.1) is 17.2 Å². The van der Waals surface area contributed by atoms with Gasteiger partial charge in [0.2, 0.25) is 5.91 Å². The van der Waals surface area contributed by atoms with Gasteiger partial charge in [-0.15, -0.1) is 11.3 Å². The van der Waals surface area contributed by atoms with E-state index < -0.39 is 0 Å². The van der Waals surface area contributed by atoms with Gasteiger partial charge in [0, 0.05) is 30.8 Å². The fraction of sp³-hybridized carbons (Fsp3) is 0.333. The summed E-state index contributed by atoms with van der Waals surface area (Å²) in [4.78, 5) is 45.1. The molecular formula is C27H30N4O4S. The monoisotopic (exact) mass is 506 g/mol. The first-order valence-electron chi connectivity index (χ1n) is 12.0. The fourth-order valence-electron chi connectivity index (χ4n) is 4.23. The van der Waals surface area contributed by atoms with E-state index in [1.807, 2.05) is 25.1 Å². The van der Waals surface area contributed by atoms with Crippen LogP contribution in [0.4, 0.5) is 0 Å². The first-order chi connectivity index (χ1) is 17.3. The summed E-state index contributed by atoms with van der Waals surface area (Å²) in [5.41, 5.74) is 3.48. The van der Waals surface area contributed by atoms with Gasteiger partial charge >= 0.3 is 0 Å². The summed E-state index contributed by atoms with van der Waals surface area (Å²) >= 11 is 1.33. The minimum Gasteiger partial charge on any atom is -0.507 e. The molecule has 9 heteroatoms. The van der Waals surface area contributed by atoms with Crippen molar-refractivity contribution in [3.05, 3.63) is 69.2 Å². The van der Waals surface area contributed by atoms with Crippen molar-refractivity contribution in [1.29, 1.82) is 0 Å². The van der Waals surface area contributed by atoms with Crippen LogP contribution in [0.15, 0.2) is 42.5 Å². The van der Waals surface area contributed by atoms with Gasteiger partial charge in [-0.25, -0.2) is 4.98 Å². The molecular weight excluding hydrogens is 476 g/mol. The van der Waals surface area contributed by atoms with E-state index in [0.717, 1.165) is 16.1 Å². The zero-order valence-electron chi connectivity index (χ0n) is 20.5. The molecule has 0 radical (unpaired) electrons. The zero-order chi connectivity index (χ0) is 25.7. The predicted molar refractivity (Wildman–Crippen MR) is 139 cm³/mol. The number of aromatic hydroxyl groups is 1. The second kappa shape index (κ2) is 11.3. The number of carbonyl (C=O) groups is 3. The summed E-state index contributed by atoms with van der Waals surface area (Å²) in [6.07, 6.45) is 1.84. The smallest absolute Gasteiger partial charge is 0.266 e. The number of hydrogen-bond donors (Lipinski definition) is 3. The molecule has 0 spiro atoms. The largest absolute Gasteiger partial charge is 0.507 e. The molecule has 1 aliphatic rings. The van der Waals surface area contributed by atoms with E-state index in [1.54, 1.807) is 36.1 Å². The normalized spacial score (nSPS) is 15.4. The molecule has 1 aromatic heterocycles. The van der Waals surface area contributed by atoms with Crippen molar-refractivity contribution in [3.8, 4) is 16.9 Å².